The number of hydrogen-bond acceptors (Lipinski definition) is 2. The second-order valence-corrected chi connectivity index (χ2v) is 4.83. The minimum atomic E-state index is 0.489. The van der Waals surface area contributed by atoms with Crippen LogP contribution in [0.3, 0.4) is 0 Å². The van der Waals surface area contributed by atoms with Gasteiger partial charge in [0.15, 0.2) is 0 Å². The van der Waals surface area contributed by atoms with Crippen LogP contribution in [0.4, 0.5) is 0 Å². The molecule has 1 aliphatic rings. The summed E-state index contributed by atoms with van der Waals surface area (Å²) in [7, 11) is 0. The van der Waals surface area contributed by atoms with Crippen molar-refractivity contribution in [3.63, 3.8) is 0 Å². The lowest BCUT2D eigenvalue weighted by Gasteiger charge is -2.22. The van der Waals surface area contributed by atoms with Crippen molar-refractivity contribution < 1.29 is 4.74 Å². The fourth-order valence-corrected chi connectivity index (χ4v) is 2.39. The Kier molecular flexibility index (Phi) is 5.02. The molecule has 1 aromatic carbocycles. The van der Waals surface area contributed by atoms with E-state index in [1.54, 1.807) is 0 Å². The summed E-state index contributed by atoms with van der Waals surface area (Å²) in [6, 6.07) is 11.8. The molecule has 1 saturated heterocycles. The zero-order chi connectivity index (χ0) is 11.9. The van der Waals surface area contributed by atoms with E-state index in [1.165, 1.54) is 24.8 Å². The third kappa shape index (κ3) is 3.83. The molecular weight excluding hydrogens is 210 g/mol. The summed E-state index contributed by atoms with van der Waals surface area (Å²) < 4.78 is 5.44. The van der Waals surface area contributed by atoms with Crippen LogP contribution in [0.2, 0.25) is 0 Å². The molecule has 2 heteroatoms. The highest BCUT2D eigenvalue weighted by Crippen LogP contribution is 2.21. The van der Waals surface area contributed by atoms with E-state index in [1.807, 2.05) is 0 Å². The van der Waals surface area contributed by atoms with Crippen LogP contribution in [0.25, 0.3) is 0 Å². The third-order valence-corrected chi connectivity index (χ3v) is 3.41. The van der Waals surface area contributed by atoms with E-state index in [9.17, 15) is 0 Å². The normalized spacial score (nSPS) is 21.6. The molecule has 2 nitrogen and oxygen atoms in total. The number of rotatable bonds is 6. The molecule has 1 heterocycles. The van der Waals surface area contributed by atoms with Crippen molar-refractivity contribution in [3.8, 4) is 0 Å². The predicted molar refractivity (Wildman–Crippen MR) is 71.1 cm³/mol. The van der Waals surface area contributed by atoms with Gasteiger partial charge in [0, 0.05) is 18.7 Å². The molecule has 1 N–H and O–H groups in total. The van der Waals surface area contributed by atoms with Crippen LogP contribution in [-0.2, 0) is 4.74 Å². The van der Waals surface area contributed by atoms with Crippen LogP contribution in [0.1, 0.15) is 44.2 Å². The van der Waals surface area contributed by atoms with Crippen LogP contribution in [-0.4, -0.2) is 19.3 Å². The second kappa shape index (κ2) is 6.77. The average Bonchev–Trinajstić information content (AvgIpc) is 2.88. The zero-order valence-corrected chi connectivity index (χ0v) is 10.7. The van der Waals surface area contributed by atoms with E-state index >= 15 is 0 Å². The highest BCUT2D eigenvalue weighted by Gasteiger charge is 2.20. The van der Waals surface area contributed by atoms with Gasteiger partial charge in [-0.15, -0.1) is 0 Å². The van der Waals surface area contributed by atoms with E-state index in [2.05, 4.69) is 42.6 Å². The molecular formula is C15H23NO. The van der Waals surface area contributed by atoms with Gasteiger partial charge in [0.2, 0.25) is 0 Å². The maximum absolute atomic E-state index is 5.44. The Morgan fingerprint density at radius 1 is 1.35 bits per heavy atom. The standard InChI is InChI=1S/C15H23NO/c1-2-3-9-15(13-7-5-4-6-8-13)16-14-10-11-17-12-14/h4-8,14-16H,2-3,9-12H2,1H3. The van der Waals surface area contributed by atoms with Crippen molar-refractivity contribution in [1.29, 1.82) is 0 Å². The molecule has 0 bridgehead atoms. The molecule has 1 aromatic rings. The highest BCUT2D eigenvalue weighted by atomic mass is 16.5. The summed E-state index contributed by atoms with van der Waals surface area (Å²) in [5, 5.41) is 3.74. The zero-order valence-electron chi connectivity index (χ0n) is 10.7. The SMILES string of the molecule is CCCCC(NC1CCOC1)c1ccccc1. The summed E-state index contributed by atoms with van der Waals surface area (Å²) >= 11 is 0. The number of hydrogen-bond donors (Lipinski definition) is 1. The number of unbranched alkanes of at least 4 members (excludes halogenated alkanes) is 1. The molecule has 0 radical (unpaired) electrons. The van der Waals surface area contributed by atoms with Crippen molar-refractivity contribution in [2.75, 3.05) is 13.2 Å². The Labute approximate surface area is 104 Å². The van der Waals surface area contributed by atoms with Crippen LogP contribution >= 0.6 is 0 Å². The van der Waals surface area contributed by atoms with Crippen molar-refractivity contribution in [1.82, 2.24) is 5.32 Å². The van der Waals surface area contributed by atoms with Crippen LogP contribution < -0.4 is 5.32 Å². The molecule has 0 amide bonds. The Balaban J connectivity index is 1.97. The Morgan fingerprint density at radius 3 is 2.82 bits per heavy atom. The first-order valence-corrected chi connectivity index (χ1v) is 6.79. The van der Waals surface area contributed by atoms with Crippen LogP contribution in [0.5, 0.6) is 0 Å². The molecule has 0 aliphatic carbocycles. The van der Waals surface area contributed by atoms with Gasteiger partial charge in [-0.25, -0.2) is 0 Å². The molecule has 2 unspecified atom stereocenters. The first-order chi connectivity index (χ1) is 8.40. The van der Waals surface area contributed by atoms with E-state index in [0.717, 1.165) is 19.6 Å². The van der Waals surface area contributed by atoms with Gasteiger partial charge >= 0.3 is 0 Å². The molecule has 0 saturated carbocycles. The summed E-state index contributed by atoms with van der Waals surface area (Å²) in [6.45, 7) is 4.03. The van der Waals surface area contributed by atoms with Crippen molar-refractivity contribution in [3.05, 3.63) is 35.9 Å². The summed E-state index contributed by atoms with van der Waals surface area (Å²) in [4.78, 5) is 0. The lowest BCUT2D eigenvalue weighted by molar-refractivity contribution is 0.187. The van der Waals surface area contributed by atoms with Crippen LogP contribution in [0, 0.1) is 0 Å². The minimum Gasteiger partial charge on any atom is -0.380 e. The van der Waals surface area contributed by atoms with E-state index in [-0.39, 0.29) is 0 Å². The molecule has 1 fully saturated rings. The Morgan fingerprint density at radius 2 is 2.18 bits per heavy atom. The Hall–Kier alpha value is -0.860. The largest absolute Gasteiger partial charge is 0.380 e. The average molecular weight is 233 g/mol. The molecule has 2 atom stereocenters. The van der Waals surface area contributed by atoms with Gasteiger partial charge in [-0.2, -0.15) is 0 Å². The van der Waals surface area contributed by atoms with Gasteiger partial charge in [0.25, 0.3) is 0 Å². The van der Waals surface area contributed by atoms with Gasteiger partial charge in [-0.05, 0) is 18.4 Å². The molecule has 0 spiro atoms. The predicted octanol–water partition coefficient (Wildman–Crippen LogP) is 3.30. The van der Waals surface area contributed by atoms with Crippen molar-refractivity contribution >= 4 is 0 Å². The first kappa shape index (κ1) is 12.6. The maximum Gasteiger partial charge on any atom is 0.0620 e. The first-order valence-electron chi connectivity index (χ1n) is 6.79. The van der Waals surface area contributed by atoms with E-state index in [0.29, 0.717) is 12.1 Å². The fourth-order valence-electron chi connectivity index (χ4n) is 2.39. The quantitative estimate of drug-likeness (QED) is 0.814. The highest BCUT2D eigenvalue weighted by molar-refractivity contribution is 5.19. The topological polar surface area (TPSA) is 21.3 Å². The number of ether oxygens (including phenoxy) is 1. The summed E-state index contributed by atoms with van der Waals surface area (Å²) in [5.74, 6) is 0. The molecule has 94 valence electrons. The Bertz CT molecular complexity index is 306. The van der Waals surface area contributed by atoms with Gasteiger partial charge in [0.1, 0.15) is 0 Å². The minimum absolute atomic E-state index is 0.489. The van der Waals surface area contributed by atoms with Crippen molar-refractivity contribution in [2.24, 2.45) is 0 Å². The van der Waals surface area contributed by atoms with E-state index in [4.69, 9.17) is 4.74 Å². The third-order valence-electron chi connectivity index (χ3n) is 3.41. The van der Waals surface area contributed by atoms with E-state index < -0.39 is 0 Å². The van der Waals surface area contributed by atoms with Gasteiger partial charge < -0.3 is 10.1 Å². The number of benzene rings is 1. The molecule has 2 rings (SSSR count). The summed E-state index contributed by atoms with van der Waals surface area (Å²) in [5.41, 5.74) is 1.41. The lowest BCUT2D eigenvalue weighted by atomic mass is 10.00. The van der Waals surface area contributed by atoms with Crippen molar-refractivity contribution in [2.45, 2.75) is 44.7 Å². The fraction of sp³-hybridized carbons (Fsp3) is 0.600. The monoisotopic (exact) mass is 233 g/mol. The molecule has 17 heavy (non-hydrogen) atoms. The molecule has 0 aromatic heterocycles. The summed E-state index contributed by atoms with van der Waals surface area (Å²) in [6.07, 6.45) is 4.90. The van der Waals surface area contributed by atoms with Crippen LogP contribution in [0.15, 0.2) is 30.3 Å². The number of nitrogens with one attached hydrogen (secondary N) is 1. The van der Waals surface area contributed by atoms with Gasteiger partial charge in [-0.3, -0.25) is 0 Å². The van der Waals surface area contributed by atoms with Gasteiger partial charge in [-0.1, -0.05) is 50.1 Å². The second-order valence-electron chi connectivity index (χ2n) is 4.83. The maximum atomic E-state index is 5.44. The molecule has 1 aliphatic heterocycles. The lowest BCUT2D eigenvalue weighted by Crippen LogP contribution is -2.33. The smallest absolute Gasteiger partial charge is 0.0620 e. The van der Waals surface area contributed by atoms with Gasteiger partial charge in [0.05, 0.1) is 6.61 Å².